The van der Waals surface area contributed by atoms with Crippen LogP contribution in [0.15, 0.2) is 41.3 Å². The van der Waals surface area contributed by atoms with Gasteiger partial charge in [0, 0.05) is 15.8 Å². The van der Waals surface area contributed by atoms with Gasteiger partial charge in [-0.25, -0.2) is 4.98 Å². The molecule has 2 aromatic carbocycles. The van der Waals surface area contributed by atoms with Crippen molar-refractivity contribution in [3.8, 4) is 17.2 Å². The second kappa shape index (κ2) is 9.91. The molecule has 0 N–H and O–H groups in total. The van der Waals surface area contributed by atoms with Crippen molar-refractivity contribution in [2.75, 3.05) is 27.6 Å². The van der Waals surface area contributed by atoms with Gasteiger partial charge < -0.3 is 18.9 Å². The predicted molar refractivity (Wildman–Crippen MR) is 118 cm³/mol. The number of esters is 1. The monoisotopic (exact) mass is 447 g/mol. The molecule has 3 rings (SSSR count). The van der Waals surface area contributed by atoms with E-state index in [9.17, 15) is 4.79 Å². The summed E-state index contributed by atoms with van der Waals surface area (Å²) < 4.78 is 21.4. The molecular weight excluding hydrogens is 426 g/mol. The molecular formula is C22H22ClNO5S. The number of carbonyl (C=O) groups is 1. The highest BCUT2D eigenvalue weighted by Gasteiger charge is 2.16. The van der Waals surface area contributed by atoms with Crippen LogP contribution in [0.1, 0.15) is 11.1 Å². The Kier molecular flexibility index (Phi) is 7.29. The van der Waals surface area contributed by atoms with E-state index in [4.69, 9.17) is 30.5 Å². The van der Waals surface area contributed by atoms with Crippen molar-refractivity contribution in [1.82, 2.24) is 4.98 Å². The van der Waals surface area contributed by atoms with Crippen molar-refractivity contribution in [2.24, 2.45) is 0 Å². The third kappa shape index (κ3) is 4.91. The van der Waals surface area contributed by atoms with Crippen molar-refractivity contribution in [3.05, 3.63) is 52.7 Å². The number of pyridine rings is 1. The fourth-order valence-electron chi connectivity index (χ4n) is 3.01. The van der Waals surface area contributed by atoms with Crippen molar-refractivity contribution in [2.45, 2.75) is 17.9 Å². The number of methoxy groups -OCH3 is 3. The lowest BCUT2D eigenvalue weighted by molar-refractivity contribution is -0.144. The van der Waals surface area contributed by atoms with E-state index < -0.39 is 5.97 Å². The number of halogens is 1. The Bertz CT molecular complexity index is 1050. The smallest absolute Gasteiger partial charge is 0.310 e. The van der Waals surface area contributed by atoms with Crippen LogP contribution < -0.4 is 14.2 Å². The molecule has 3 aromatic rings. The van der Waals surface area contributed by atoms with E-state index in [1.165, 1.54) is 21.3 Å². The maximum Gasteiger partial charge on any atom is 0.310 e. The first-order valence-corrected chi connectivity index (χ1v) is 10.7. The molecule has 0 radical (unpaired) electrons. The van der Waals surface area contributed by atoms with Gasteiger partial charge in [-0.1, -0.05) is 17.7 Å². The minimum atomic E-state index is -0.404. The summed E-state index contributed by atoms with van der Waals surface area (Å²) >= 11 is 7.94. The molecule has 0 amide bonds. The number of thioether (sulfide) groups is 1. The molecule has 0 atom stereocenters. The molecule has 0 spiro atoms. The van der Waals surface area contributed by atoms with Crippen LogP contribution in [-0.2, 0) is 22.6 Å². The van der Waals surface area contributed by atoms with Gasteiger partial charge in [0.1, 0.15) is 11.8 Å². The van der Waals surface area contributed by atoms with Crippen LogP contribution >= 0.6 is 23.4 Å². The SMILES string of the molecule is COc1cc(CC(=O)OCc2cc3ccc(SC)cc3nc2Cl)cc(OC)c1OC. The van der Waals surface area contributed by atoms with E-state index in [0.717, 1.165) is 15.8 Å². The van der Waals surface area contributed by atoms with Crippen molar-refractivity contribution in [1.29, 1.82) is 0 Å². The standard InChI is InChI=1S/C22H22ClNO5S/c1-26-18-7-13(8-19(27-2)21(18)28-3)9-20(25)29-12-15-10-14-5-6-16(30-4)11-17(14)24-22(15)23/h5-8,10-11H,9,12H2,1-4H3. The van der Waals surface area contributed by atoms with E-state index in [2.05, 4.69) is 4.98 Å². The summed E-state index contributed by atoms with van der Waals surface area (Å²) in [7, 11) is 4.57. The highest BCUT2D eigenvalue weighted by atomic mass is 35.5. The van der Waals surface area contributed by atoms with Gasteiger partial charge in [0.05, 0.1) is 33.3 Å². The molecule has 0 unspecified atom stereocenters. The van der Waals surface area contributed by atoms with E-state index in [0.29, 0.717) is 33.5 Å². The Morgan fingerprint density at radius 3 is 2.33 bits per heavy atom. The van der Waals surface area contributed by atoms with Gasteiger partial charge >= 0.3 is 5.97 Å². The summed E-state index contributed by atoms with van der Waals surface area (Å²) in [4.78, 5) is 17.9. The molecule has 158 valence electrons. The van der Waals surface area contributed by atoms with Crippen molar-refractivity contribution in [3.63, 3.8) is 0 Å². The zero-order valence-corrected chi connectivity index (χ0v) is 18.7. The summed E-state index contributed by atoms with van der Waals surface area (Å²) in [5.74, 6) is 1.02. The van der Waals surface area contributed by atoms with Crippen molar-refractivity contribution < 1.29 is 23.7 Å². The highest BCUT2D eigenvalue weighted by molar-refractivity contribution is 7.98. The second-order valence-corrected chi connectivity index (χ2v) is 7.61. The molecule has 0 saturated carbocycles. The van der Waals surface area contributed by atoms with Gasteiger partial charge in [-0.15, -0.1) is 11.8 Å². The van der Waals surface area contributed by atoms with E-state index in [1.54, 1.807) is 23.9 Å². The van der Waals surface area contributed by atoms with Crippen LogP contribution in [0.25, 0.3) is 10.9 Å². The first kappa shape index (κ1) is 22.1. The molecule has 8 heteroatoms. The number of fused-ring (bicyclic) bond motifs is 1. The number of hydrogen-bond acceptors (Lipinski definition) is 7. The second-order valence-electron chi connectivity index (χ2n) is 6.37. The summed E-state index contributed by atoms with van der Waals surface area (Å²) in [5, 5.41) is 1.26. The fraction of sp³-hybridized carbons (Fsp3) is 0.273. The molecule has 0 saturated heterocycles. The van der Waals surface area contributed by atoms with Gasteiger partial charge in [0.25, 0.3) is 0 Å². The lowest BCUT2D eigenvalue weighted by Gasteiger charge is -2.14. The Morgan fingerprint density at radius 1 is 1.03 bits per heavy atom. The molecule has 1 aromatic heterocycles. The van der Waals surface area contributed by atoms with E-state index in [1.807, 2.05) is 30.5 Å². The Balaban J connectivity index is 1.72. The van der Waals surface area contributed by atoms with E-state index in [-0.39, 0.29) is 13.0 Å². The quantitative estimate of drug-likeness (QED) is 0.276. The lowest BCUT2D eigenvalue weighted by atomic mass is 10.1. The Labute approximate surface area is 184 Å². The van der Waals surface area contributed by atoms with Gasteiger partial charge in [-0.2, -0.15) is 0 Å². The first-order valence-electron chi connectivity index (χ1n) is 9.06. The average molecular weight is 448 g/mol. The molecule has 0 aliphatic carbocycles. The predicted octanol–water partition coefficient (Wildman–Crippen LogP) is 4.92. The van der Waals surface area contributed by atoms with Gasteiger partial charge in [0.2, 0.25) is 5.75 Å². The minimum Gasteiger partial charge on any atom is -0.493 e. The van der Waals surface area contributed by atoms with Gasteiger partial charge in [-0.05, 0) is 42.2 Å². The third-order valence-corrected chi connectivity index (χ3v) is 5.57. The number of ether oxygens (including phenoxy) is 4. The number of aromatic nitrogens is 1. The zero-order valence-electron chi connectivity index (χ0n) is 17.2. The Hall–Kier alpha value is -2.64. The summed E-state index contributed by atoms with van der Waals surface area (Å²) in [6.07, 6.45) is 2.05. The number of rotatable bonds is 8. The topological polar surface area (TPSA) is 66.9 Å². The van der Waals surface area contributed by atoms with Crippen LogP contribution in [0.5, 0.6) is 17.2 Å². The van der Waals surface area contributed by atoms with Crippen LogP contribution in [-0.4, -0.2) is 38.5 Å². The summed E-state index contributed by atoms with van der Waals surface area (Å²) in [6.45, 7) is 0.0370. The van der Waals surface area contributed by atoms with E-state index >= 15 is 0 Å². The van der Waals surface area contributed by atoms with Crippen LogP contribution in [0.2, 0.25) is 5.15 Å². The average Bonchev–Trinajstić information content (AvgIpc) is 2.76. The fourth-order valence-corrected chi connectivity index (χ4v) is 3.64. The molecule has 0 aliphatic heterocycles. The maximum atomic E-state index is 12.4. The highest BCUT2D eigenvalue weighted by Crippen LogP contribution is 2.38. The minimum absolute atomic E-state index is 0.0370. The first-order chi connectivity index (χ1) is 14.5. The molecule has 0 fully saturated rings. The molecule has 1 heterocycles. The molecule has 6 nitrogen and oxygen atoms in total. The number of nitrogens with zero attached hydrogens (tertiary/aromatic N) is 1. The lowest BCUT2D eigenvalue weighted by Crippen LogP contribution is -2.09. The number of hydrogen-bond donors (Lipinski definition) is 0. The van der Waals surface area contributed by atoms with Crippen LogP contribution in [0, 0.1) is 0 Å². The Morgan fingerprint density at radius 2 is 1.73 bits per heavy atom. The molecule has 0 bridgehead atoms. The zero-order chi connectivity index (χ0) is 21.7. The number of benzene rings is 2. The van der Waals surface area contributed by atoms with Crippen LogP contribution in [0.4, 0.5) is 0 Å². The maximum absolute atomic E-state index is 12.4. The van der Waals surface area contributed by atoms with Crippen LogP contribution in [0.3, 0.4) is 0 Å². The normalized spacial score (nSPS) is 10.7. The largest absolute Gasteiger partial charge is 0.493 e. The van der Waals surface area contributed by atoms with Gasteiger partial charge in [0.15, 0.2) is 11.5 Å². The number of carbonyl (C=O) groups excluding carboxylic acids is 1. The summed E-state index contributed by atoms with van der Waals surface area (Å²) in [5.41, 5.74) is 2.14. The van der Waals surface area contributed by atoms with Crippen molar-refractivity contribution >= 4 is 40.2 Å². The summed E-state index contributed by atoms with van der Waals surface area (Å²) in [6, 6.07) is 11.3. The van der Waals surface area contributed by atoms with Gasteiger partial charge in [-0.3, -0.25) is 4.79 Å². The third-order valence-electron chi connectivity index (χ3n) is 4.51. The molecule has 0 aliphatic rings. The molecule has 30 heavy (non-hydrogen) atoms.